The maximum absolute atomic E-state index is 12.0. The van der Waals surface area contributed by atoms with Crippen LogP contribution < -0.4 is 16.6 Å². The minimum atomic E-state index is -0.401. The molecule has 108 valence electrons. The van der Waals surface area contributed by atoms with Crippen molar-refractivity contribution in [2.24, 2.45) is 5.92 Å². The van der Waals surface area contributed by atoms with Crippen molar-refractivity contribution < 1.29 is 0 Å². The maximum Gasteiger partial charge on any atom is 0.330 e. The van der Waals surface area contributed by atoms with Crippen molar-refractivity contribution in [2.75, 3.05) is 6.54 Å². The van der Waals surface area contributed by atoms with Gasteiger partial charge in [0.15, 0.2) is 5.65 Å². The van der Waals surface area contributed by atoms with E-state index in [1.54, 1.807) is 0 Å². The van der Waals surface area contributed by atoms with Gasteiger partial charge >= 0.3 is 5.69 Å². The van der Waals surface area contributed by atoms with Gasteiger partial charge in [0.25, 0.3) is 5.56 Å². The summed E-state index contributed by atoms with van der Waals surface area (Å²) >= 11 is 0. The molecule has 0 radical (unpaired) electrons. The molecule has 0 spiro atoms. The van der Waals surface area contributed by atoms with Crippen molar-refractivity contribution in [3.05, 3.63) is 26.7 Å². The van der Waals surface area contributed by atoms with Crippen LogP contribution in [-0.4, -0.2) is 26.1 Å². The zero-order chi connectivity index (χ0) is 14.3. The van der Waals surface area contributed by atoms with Gasteiger partial charge in [0, 0.05) is 6.54 Å². The summed E-state index contributed by atoms with van der Waals surface area (Å²) in [6.07, 6.45) is 2.09. The zero-order valence-corrected chi connectivity index (χ0v) is 11.7. The average Bonchev–Trinajstić information content (AvgIpc) is 3.02. The molecule has 1 saturated heterocycles. The van der Waals surface area contributed by atoms with Crippen LogP contribution in [0, 0.1) is 5.92 Å². The van der Waals surface area contributed by atoms with E-state index in [4.69, 9.17) is 0 Å². The van der Waals surface area contributed by atoms with Crippen molar-refractivity contribution in [1.29, 1.82) is 0 Å². The lowest BCUT2D eigenvalue weighted by Crippen LogP contribution is -2.31. The molecular weight excluding hydrogens is 258 g/mol. The van der Waals surface area contributed by atoms with Crippen molar-refractivity contribution >= 4 is 11.2 Å². The normalized spacial score (nSPS) is 19.2. The van der Waals surface area contributed by atoms with E-state index < -0.39 is 11.2 Å². The second kappa shape index (κ2) is 4.90. The third-order valence-electron chi connectivity index (χ3n) is 3.59. The number of fused-ring (bicyclic) bond motifs is 1. The molecule has 2 aromatic heterocycles. The molecule has 0 saturated carbocycles. The van der Waals surface area contributed by atoms with E-state index in [9.17, 15) is 9.59 Å². The molecule has 0 aromatic carbocycles. The third-order valence-corrected chi connectivity index (χ3v) is 3.59. The fourth-order valence-electron chi connectivity index (χ4n) is 2.68. The highest BCUT2D eigenvalue weighted by molar-refractivity contribution is 5.69. The van der Waals surface area contributed by atoms with E-state index in [1.807, 2.05) is 13.8 Å². The predicted octanol–water partition coefficient (Wildman–Crippen LogP) is 0.493. The van der Waals surface area contributed by atoms with Crippen LogP contribution in [0.1, 0.15) is 38.6 Å². The van der Waals surface area contributed by atoms with Gasteiger partial charge in [0.05, 0.1) is 6.04 Å². The quantitative estimate of drug-likeness (QED) is 0.761. The molecule has 7 nitrogen and oxygen atoms in total. The Balaban J connectivity index is 2.17. The van der Waals surface area contributed by atoms with E-state index in [-0.39, 0.29) is 6.04 Å². The molecule has 3 N–H and O–H groups in total. The van der Waals surface area contributed by atoms with Crippen LogP contribution in [0.3, 0.4) is 0 Å². The van der Waals surface area contributed by atoms with Crippen LogP contribution in [-0.2, 0) is 6.54 Å². The molecule has 1 unspecified atom stereocenters. The molecule has 0 aliphatic carbocycles. The monoisotopic (exact) mass is 277 g/mol. The number of H-pyrrole nitrogens is 2. The van der Waals surface area contributed by atoms with Crippen molar-refractivity contribution in [3.63, 3.8) is 0 Å². The highest BCUT2D eigenvalue weighted by Crippen LogP contribution is 2.21. The minimum absolute atomic E-state index is 0.143. The fourth-order valence-corrected chi connectivity index (χ4v) is 2.68. The number of imidazole rings is 1. The highest BCUT2D eigenvalue weighted by atomic mass is 16.2. The van der Waals surface area contributed by atoms with Crippen molar-refractivity contribution in [1.82, 2.24) is 24.8 Å². The second-order valence-corrected chi connectivity index (χ2v) is 5.73. The number of nitrogens with one attached hydrogen (secondary N) is 3. The first-order valence-corrected chi connectivity index (χ1v) is 7.02. The number of aromatic amines is 2. The lowest BCUT2D eigenvalue weighted by Gasteiger charge is -2.08. The summed E-state index contributed by atoms with van der Waals surface area (Å²) in [5, 5.41) is 3.33. The first kappa shape index (κ1) is 13.1. The van der Waals surface area contributed by atoms with Crippen LogP contribution in [0.5, 0.6) is 0 Å². The Morgan fingerprint density at radius 3 is 2.80 bits per heavy atom. The highest BCUT2D eigenvalue weighted by Gasteiger charge is 2.22. The first-order valence-electron chi connectivity index (χ1n) is 7.02. The second-order valence-electron chi connectivity index (χ2n) is 5.73. The number of rotatable bonds is 3. The average molecular weight is 277 g/mol. The fraction of sp³-hybridized carbons (Fsp3) is 0.615. The van der Waals surface area contributed by atoms with Crippen LogP contribution in [0.15, 0.2) is 9.59 Å². The predicted molar refractivity (Wildman–Crippen MR) is 75.8 cm³/mol. The van der Waals surface area contributed by atoms with Gasteiger partial charge in [-0.15, -0.1) is 0 Å². The van der Waals surface area contributed by atoms with Crippen LogP contribution in [0.2, 0.25) is 0 Å². The summed E-state index contributed by atoms with van der Waals surface area (Å²) in [6.45, 7) is 5.54. The molecule has 1 fully saturated rings. The van der Waals surface area contributed by atoms with Gasteiger partial charge in [-0.25, -0.2) is 9.78 Å². The molecule has 1 aliphatic rings. The Kier molecular flexibility index (Phi) is 3.21. The van der Waals surface area contributed by atoms with Crippen LogP contribution >= 0.6 is 0 Å². The molecule has 3 heterocycles. The van der Waals surface area contributed by atoms with E-state index in [1.165, 1.54) is 4.57 Å². The molecular formula is C13H19N5O2. The largest absolute Gasteiger partial charge is 0.335 e. The third kappa shape index (κ3) is 2.18. The van der Waals surface area contributed by atoms with E-state index in [2.05, 4.69) is 20.3 Å². The van der Waals surface area contributed by atoms with Crippen molar-refractivity contribution in [2.45, 2.75) is 39.3 Å². The standard InChI is InChI=1S/C13H19N5O2/c1-7(2)6-18-11-9(12(19)17-13(18)20)15-10(16-11)8-4-3-5-14-8/h7-8,14H,3-6H2,1-2H3,(H,15,16)(H,17,19,20). The Morgan fingerprint density at radius 1 is 1.35 bits per heavy atom. The van der Waals surface area contributed by atoms with Gasteiger partial charge in [-0.3, -0.25) is 14.3 Å². The first-order chi connectivity index (χ1) is 9.56. The molecule has 3 rings (SSSR count). The van der Waals surface area contributed by atoms with Crippen LogP contribution in [0.25, 0.3) is 11.2 Å². The molecule has 0 bridgehead atoms. The maximum atomic E-state index is 12.0. The summed E-state index contributed by atoms with van der Waals surface area (Å²) in [6, 6.07) is 0.143. The molecule has 1 atom stereocenters. The minimum Gasteiger partial charge on any atom is -0.335 e. The summed E-state index contributed by atoms with van der Waals surface area (Å²) in [7, 11) is 0. The van der Waals surface area contributed by atoms with E-state index >= 15 is 0 Å². The number of hydrogen-bond acceptors (Lipinski definition) is 4. The molecule has 2 aromatic rings. The lowest BCUT2D eigenvalue weighted by molar-refractivity contribution is 0.512. The Labute approximate surface area is 115 Å². The topological polar surface area (TPSA) is 95.6 Å². The summed E-state index contributed by atoms with van der Waals surface area (Å²) < 4.78 is 1.54. The summed E-state index contributed by atoms with van der Waals surface area (Å²) in [4.78, 5) is 33.8. The lowest BCUT2D eigenvalue weighted by atomic mass is 10.2. The Bertz CT molecular complexity index is 733. The number of nitrogens with zero attached hydrogens (tertiary/aromatic N) is 2. The number of hydrogen-bond donors (Lipinski definition) is 3. The number of aromatic nitrogens is 4. The van der Waals surface area contributed by atoms with Gasteiger partial charge in [-0.2, -0.15) is 0 Å². The summed E-state index contributed by atoms with van der Waals surface area (Å²) in [5.41, 5.74) is 0.0421. The molecule has 0 amide bonds. The molecule has 1 aliphatic heterocycles. The Hall–Kier alpha value is -1.89. The van der Waals surface area contributed by atoms with Crippen LogP contribution in [0.4, 0.5) is 0 Å². The molecule has 20 heavy (non-hydrogen) atoms. The zero-order valence-electron chi connectivity index (χ0n) is 11.7. The molecule has 7 heteroatoms. The van der Waals surface area contributed by atoms with Gasteiger partial charge in [-0.1, -0.05) is 13.8 Å². The summed E-state index contributed by atoms with van der Waals surface area (Å²) in [5.74, 6) is 1.04. The van der Waals surface area contributed by atoms with Crippen molar-refractivity contribution in [3.8, 4) is 0 Å². The van der Waals surface area contributed by atoms with Gasteiger partial charge in [-0.05, 0) is 25.3 Å². The van der Waals surface area contributed by atoms with E-state index in [0.717, 1.165) is 25.2 Å². The Morgan fingerprint density at radius 2 is 2.15 bits per heavy atom. The SMILES string of the molecule is CC(C)Cn1c(=O)[nH]c(=O)c2[nH]c(C3CCCN3)nc21. The van der Waals surface area contributed by atoms with Gasteiger partial charge in [0.1, 0.15) is 11.3 Å². The van der Waals surface area contributed by atoms with E-state index in [0.29, 0.717) is 23.6 Å². The smallest absolute Gasteiger partial charge is 0.330 e. The van der Waals surface area contributed by atoms with Gasteiger partial charge < -0.3 is 10.3 Å². The van der Waals surface area contributed by atoms with Gasteiger partial charge in [0.2, 0.25) is 0 Å².